The van der Waals surface area contributed by atoms with Gasteiger partial charge in [-0.05, 0) is 91.9 Å². The highest BCUT2D eigenvalue weighted by Gasteiger charge is 2.62. The van der Waals surface area contributed by atoms with E-state index in [1.807, 2.05) is 0 Å². The summed E-state index contributed by atoms with van der Waals surface area (Å²) in [5.41, 5.74) is 6.72. The number of fused-ring (bicyclic) bond motifs is 5. The lowest BCUT2D eigenvalue weighted by Crippen LogP contribution is -2.56. The molecule has 0 aromatic heterocycles. The summed E-state index contributed by atoms with van der Waals surface area (Å²) in [5.74, 6) is 4.56. The maximum atomic E-state index is 13.3. The Bertz CT molecular complexity index is 530. The minimum atomic E-state index is 0.383. The van der Waals surface area contributed by atoms with Crippen LogP contribution in [0.5, 0.6) is 0 Å². The van der Waals surface area contributed by atoms with Gasteiger partial charge >= 0.3 is 0 Å². The van der Waals surface area contributed by atoms with E-state index in [0.29, 0.717) is 46.2 Å². The first-order valence-electron chi connectivity index (χ1n) is 11.1. The number of ketones is 1. The fourth-order valence-electron chi connectivity index (χ4n) is 8.40. The van der Waals surface area contributed by atoms with Crippen LogP contribution in [0.25, 0.3) is 0 Å². The third kappa shape index (κ3) is 2.57. The molecule has 142 valence electrons. The molecule has 4 rings (SSSR count). The summed E-state index contributed by atoms with van der Waals surface area (Å²) in [5, 5.41) is 0. The fourth-order valence-corrected chi connectivity index (χ4v) is 8.40. The minimum Gasteiger partial charge on any atom is -0.330 e. The third-order valence-corrected chi connectivity index (χ3v) is 9.77. The monoisotopic (exact) mass is 345 g/mol. The van der Waals surface area contributed by atoms with Crippen LogP contribution >= 0.6 is 0 Å². The van der Waals surface area contributed by atoms with Crippen molar-refractivity contribution in [1.82, 2.24) is 0 Å². The summed E-state index contributed by atoms with van der Waals surface area (Å²) in [6.07, 6.45) is 12.8. The van der Waals surface area contributed by atoms with Crippen LogP contribution < -0.4 is 5.73 Å². The van der Waals surface area contributed by atoms with Crippen molar-refractivity contribution in [3.05, 3.63) is 0 Å². The molecule has 4 fully saturated rings. The molecule has 0 heterocycles. The molecular weight excluding hydrogens is 306 g/mol. The van der Waals surface area contributed by atoms with Gasteiger partial charge in [0.25, 0.3) is 0 Å². The largest absolute Gasteiger partial charge is 0.330 e. The van der Waals surface area contributed by atoms with Gasteiger partial charge in [0, 0.05) is 12.3 Å². The van der Waals surface area contributed by atoms with E-state index in [2.05, 4.69) is 20.8 Å². The average Bonchev–Trinajstić information content (AvgIpc) is 2.93. The highest BCUT2D eigenvalue weighted by atomic mass is 16.1. The molecule has 2 heteroatoms. The molecule has 0 radical (unpaired) electrons. The lowest BCUT2D eigenvalue weighted by molar-refractivity contribution is -0.156. The Morgan fingerprint density at radius 2 is 1.80 bits per heavy atom. The van der Waals surface area contributed by atoms with Crippen molar-refractivity contribution in [1.29, 1.82) is 0 Å². The molecule has 0 spiro atoms. The molecule has 0 amide bonds. The van der Waals surface area contributed by atoms with Gasteiger partial charge in [-0.2, -0.15) is 0 Å². The van der Waals surface area contributed by atoms with Gasteiger partial charge in [0.2, 0.25) is 0 Å². The summed E-state index contributed by atoms with van der Waals surface area (Å²) in [6.45, 7) is 8.33. The predicted molar refractivity (Wildman–Crippen MR) is 103 cm³/mol. The zero-order chi connectivity index (χ0) is 17.8. The molecule has 2 nitrogen and oxygen atoms in total. The van der Waals surface area contributed by atoms with Gasteiger partial charge in [-0.25, -0.2) is 0 Å². The molecular formula is C23H39NO. The standard InChI is InChI=1S/C23H39NO/c1-15(10-13-24)17-7-8-18-21-19(9-12-23(17,18)3)22(2)11-5-4-6-16(22)14-20(21)25/h15-19,21H,4-14,24H2,1-3H3. The Hall–Kier alpha value is -0.370. The van der Waals surface area contributed by atoms with Crippen LogP contribution in [0.3, 0.4) is 0 Å². The quantitative estimate of drug-likeness (QED) is 0.764. The normalized spacial score (nSPS) is 50.7. The second-order valence-corrected chi connectivity index (χ2v) is 10.6. The van der Waals surface area contributed by atoms with Crippen molar-refractivity contribution in [3.8, 4) is 0 Å². The smallest absolute Gasteiger partial charge is 0.136 e. The average molecular weight is 346 g/mol. The van der Waals surface area contributed by atoms with Crippen LogP contribution in [-0.4, -0.2) is 12.3 Å². The first-order chi connectivity index (χ1) is 11.9. The van der Waals surface area contributed by atoms with Crippen LogP contribution in [-0.2, 0) is 4.79 Å². The van der Waals surface area contributed by atoms with E-state index in [1.165, 1.54) is 51.4 Å². The van der Waals surface area contributed by atoms with Gasteiger partial charge in [0.05, 0.1) is 0 Å². The zero-order valence-corrected chi connectivity index (χ0v) is 16.7. The summed E-state index contributed by atoms with van der Waals surface area (Å²) in [6, 6.07) is 0. The highest BCUT2D eigenvalue weighted by molar-refractivity contribution is 5.83. The van der Waals surface area contributed by atoms with Gasteiger partial charge in [0.15, 0.2) is 0 Å². The van der Waals surface area contributed by atoms with Gasteiger partial charge in [-0.3, -0.25) is 4.79 Å². The van der Waals surface area contributed by atoms with Gasteiger partial charge in [-0.1, -0.05) is 33.6 Å². The highest BCUT2D eigenvalue weighted by Crippen LogP contribution is 2.67. The van der Waals surface area contributed by atoms with E-state index in [-0.39, 0.29) is 0 Å². The molecule has 25 heavy (non-hydrogen) atoms. The molecule has 8 atom stereocenters. The predicted octanol–water partition coefficient (Wildman–Crippen LogP) is 5.20. The van der Waals surface area contributed by atoms with E-state index < -0.39 is 0 Å². The van der Waals surface area contributed by atoms with E-state index in [4.69, 9.17) is 5.73 Å². The maximum Gasteiger partial charge on any atom is 0.136 e. The Labute approximate surface area is 154 Å². The van der Waals surface area contributed by atoms with E-state index in [9.17, 15) is 4.79 Å². The first kappa shape index (κ1) is 18.0. The fraction of sp³-hybridized carbons (Fsp3) is 0.957. The van der Waals surface area contributed by atoms with E-state index in [1.54, 1.807) is 0 Å². The molecule has 8 unspecified atom stereocenters. The molecule has 4 aliphatic rings. The van der Waals surface area contributed by atoms with Crippen molar-refractivity contribution >= 4 is 5.78 Å². The summed E-state index contributed by atoms with van der Waals surface area (Å²) in [4.78, 5) is 13.3. The zero-order valence-electron chi connectivity index (χ0n) is 16.7. The molecule has 0 saturated heterocycles. The minimum absolute atomic E-state index is 0.383. The van der Waals surface area contributed by atoms with Crippen LogP contribution in [0.15, 0.2) is 0 Å². The number of nitrogens with two attached hydrogens (primary N) is 1. The molecule has 4 aliphatic carbocycles. The number of hydrogen-bond acceptors (Lipinski definition) is 2. The van der Waals surface area contributed by atoms with Crippen LogP contribution in [0.4, 0.5) is 0 Å². The maximum absolute atomic E-state index is 13.3. The van der Waals surface area contributed by atoms with Crippen LogP contribution in [0, 0.1) is 46.3 Å². The van der Waals surface area contributed by atoms with Crippen molar-refractivity contribution in [2.75, 3.05) is 6.54 Å². The Balaban J connectivity index is 1.63. The molecule has 2 N–H and O–H groups in total. The summed E-state index contributed by atoms with van der Waals surface area (Å²) in [7, 11) is 0. The number of rotatable bonds is 3. The molecule has 0 aromatic carbocycles. The van der Waals surface area contributed by atoms with Crippen molar-refractivity contribution in [2.45, 2.75) is 85.0 Å². The number of hydrogen-bond donors (Lipinski definition) is 1. The molecule has 0 aromatic rings. The molecule has 0 bridgehead atoms. The Kier molecular flexibility index (Phi) is 4.58. The molecule has 4 saturated carbocycles. The van der Waals surface area contributed by atoms with Gasteiger partial charge < -0.3 is 5.73 Å². The summed E-state index contributed by atoms with van der Waals surface area (Å²) >= 11 is 0. The van der Waals surface area contributed by atoms with Gasteiger partial charge in [0.1, 0.15) is 5.78 Å². The summed E-state index contributed by atoms with van der Waals surface area (Å²) < 4.78 is 0. The second-order valence-electron chi connectivity index (χ2n) is 10.6. The van der Waals surface area contributed by atoms with E-state index in [0.717, 1.165) is 25.3 Å². The first-order valence-corrected chi connectivity index (χ1v) is 11.1. The number of carbonyl (C=O) groups excluding carboxylic acids is 1. The van der Waals surface area contributed by atoms with Crippen molar-refractivity contribution in [2.24, 2.45) is 52.1 Å². The third-order valence-electron chi connectivity index (χ3n) is 9.77. The Morgan fingerprint density at radius 1 is 1.04 bits per heavy atom. The lowest BCUT2D eigenvalue weighted by Gasteiger charge is -2.60. The van der Waals surface area contributed by atoms with Crippen LogP contribution in [0.2, 0.25) is 0 Å². The topological polar surface area (TPSA) is 43.1 Å². The lowest BCUT2D eigenvalue weighted by atomic mass is 9.44. The van der Waals surface area contributed by atoms with Crippen molar-refractivity contribution < 1.29 is 4.79 Å². The molecule has 0 aliphatic heterocycles. The second kappa shape index (κ2) is 6.36. The SMILES string of the molecule is CC(CCN)C1CCC2C3C(=O)CC4CCCCC4(C)C3CCC12C. The van der Waals surface area contributed by atoms with E-state index >= 15 is 0 Å². The number of carbonyl (C=O) groups is 1. The number of Topliss-reactive ketones (excluding diaryl/α,β-unsaturated/α-hetero) is 1. The van der Waals surface area contributed by atoms with Gasteiger partial charge in [-0.15, -0.1) is 0 Å². The van der Waals surface area contributed by atoms with Crippen molar-refractivity contribution in [3.63, 3.8) is 0 Å². The Morgan fingerprint density at radius 3 is 2.56 bits per heavy atom. The van der Waals surface area contributed by atoms with Crippen LogP contribution in [0.1, 0.15) is 85.0 Å².